The first-order valence-electron chi connectivity index (χ1n) is 18.3. The molecule has 6 aromatic carbocycles. The summed E-state index contributed by atoms with van der Waals surface area (Å²) < 4.78 is 6.47. The van der Waals surface area contributed by atoms with Gasteiger partial charge in [-0.05, 0) is 131 Å². The predicted octanol–water partition coefficient (Wildman–Crippen LogP) is 13.7. The molecule has 0 spiro atoms. The fourth-order valence-electron chi connectivity index (χ4n) is 6.91. The van der Waals surface area contributed by atoms with Crippen molar-refractivity contribution in [1.82, 2.24) is 9.97 Å². The molecular formula is C50H36N4O. The Balaban J connectivity index is 0.988. The number of nitrogens with zero attached hydrogens (tertiary/aromatic N) is 4. The van der Waals surface area contributed by atoms with Gasteiger partial charge >= 0.3 is 0 Å². The molecule has 0 saturated carbocycles. The Labute approximate surface area is 321 Å². The van der Waals surface area contributed by atoms with Crippen molar-refractivity contribution < 1.29 is 4.42 Å². The van der Waals surface area contributed by atoms with E-state index in [-0.39, 0.29) is 0 Å². The van der Waals surface area contributed by atoms with Crippen molar-refractivity contribution in [1.29, 1.82) is 0 Å². The number of pyridine rings is 2. The Bertz CT molecular complexity index is 2440. The van der Waals surface area contributed by atoms with E-state index in [1.165, 1.54) is 11.1 Å². The van der Waals surface area contributed by atoms with E-state index >= 15 is 0 Å². The minimum absolute atomic E-state index is 0.800. The molecule has 0 aliphatic heterocycles. The number of rotatable bonds is 10. The van der Waals surface area contributed by atoms with Gasteiger partial charge in [0.25, 0.3) is 0 Å². The predicted molar refractivity (Wildman–Crippen MR) is 225 cm³/mol. The molecule has 3 aromatic heterocycles. The Morgan fingerprint density at radius 1 is 0.291 bits per heavy atom. The van der Waals surface area contributed by atoms with Crippen LogP contribution in [-0.2, 0) is 0 Å². The van der Waals surface area contributed by atoms with Gasteiger partial charge in [-0.3, -0.25) is 9.80 Å². The van der Waals surface area contributed by atoms with Gasteiger partial charge in [0.05, 0.1) is 0 Å². The Morgan fingerprint density at radius 3 is 1.09 bits per heavy atom. The average molecular weight is 709 g/mol. The Morgan fingerprint density at radius 2 is 0.691 bits per heavy atom. The Hall–Kier alpha value is -7.50. The van der Waals surface area contributed by atoms with Gasteiger partial charge in [-0.15, -0.1) is 0 Å². The lowest BCUT2D eigenvalue weighted by Crippen LogP contribution is -2.11. The third-order valence-corrected chi connectivity index (χ3v) is 9.61. The maximum Gasteiger partial charge on any atom is 0.137 e. The second kappa shape index (κ2) is 15.2. The molecule has 0 fully saturated rings. The summed E-state index contributed by atoms with van der Waals surface area (Å²) >= 11 is 0. The van der Waals surface area contributed by atoms with Gasteiger partial charge in [0.1, 0.15) is 23.2 Å². The van der Waals surface area contributed by atoms with E-state index in [0.717, 1.165) is 68.2 Å². The highest BCUT2D eigenvalue weighted by molar-refractivity contribution is 5.81. The number of furan rings is 1. The van der Waals surface area contributed by atoms with Crippen LogP contribution in [0.1, 0.15) is 0 Å². The van der Waals surface area contributed by atoms with Crippen molar-refractivity contribution in [3.63, 3.8) is 0 Å². The van der Waals surface area contributed by atoms with Crippen molar-refractivity contribution in [2.75, 3.05) is 9.80 Å². The summed E-state index contributed by atoms with van der Waals surface area (Å²) in [5.41, 5.74) is 10.7. The van der Waals surface area contributed by atoms with Gasteiger partial charge in [-0.2, -0.15) is 0 Å². The molecule has 5 nitrogen and oxygen atoms in total. The number of benzene rings is 6. The summed E-state index contributed by atoms with van der Waals surface area (Å²) in [6, 6.07) is 70.9. The van der Waals surface area contributed by atoms with Gasteiger partial charge < -0.3 is 4.42 Å². The van der Waals surface area contributed by atoms with Gasteiger partial charge in [0.15, 0.2) is 0 Å². The first-order chi connectivity index (χ1) is 27.3. The lowest BCUT2D eigenvalue weighted by molar-refractivity contribution is 0.597. The van der Waals surface area contributed by atoms with E-state index in [2.05, 4.69) is 155 Å². The summed E-state index contributed by atoms with van der Waals surface area (Å²) in [6.07, 6.45) is 3.66. The highest BCUT2D eigenvalue weighted by Gasteiger charge is 2.17. The summed E-state index contributed by atoms with van der Waals surface area (Å²) in [5.74, 6) is 3.28. The Kier molecular flexibility index (Phi) is 9.23. The molecule has 0 unspecified atom stereocenters. The maximum absolute atomic E-state index is 6.47. The van der Waals surface area contributed by atoms with Crippen LogP contribution in [-0.4, -0.2) is 9.97 Å². The van der Waals surface area contributed by atoms with Crippen molar-refractivity contribution in [3.05, 3.63) is 219 Å². The van der Waals surface area contributed by atoms with Gasteiger partial charge in [-0.25, -0.2) is 9.97 Å². The molecule has 3 heterocycles. The van der Waals surface area contributed by atoms with Crippen molar-refractivity contribution >= 4 is 34.4 Å². The fraction of sp³-hybridized carbons (Fsp3) is 0. The van der Waals surface area contributed by atoms with Crippen molar-refractivity contribution in [2.45, 2.75) is 0 Å². The third-order valence-electron chi connectivity index (χ3n) is 9.61. The molecule has 9 aromatic rings. The van der Waals surface area contributed by atoms with Gasteiger partial charge in [-0.1, -0.05) is 97.1 Å². The van der Waals surface area contributed by atoms with E-state index in [9.17, 15) is 0 Å². The molecule has 0 atom stereocenters. The molecule has 0 aliphatic carbocycles. The second-order valence-corrected chi connectivity index (χ2v) is 13.1. The quantitative estimate of drug-likeness (QED) is 0.142. The maximum atomic E-state index is 6.47. The number of hydrogen-bond acceptors (Lipinski definition) is 5. The lowest BCUT2D eigenvalue weighted by atomic mass is 10.0. The molecule has 0 N–H and O–H groups in total. The van der Waals surface area contributed by atoms with Crippen molar-refractivity contribution in [3.8, 4) is 44.9 Å². The minimum atomic E-state index is 0.800. The standard InChI is InChI=1S/C50H36N4O/c1-3-13-37(14-4-1)41-17-11-19-45(35-41)53(49-21-7-9-33-51-49)43-27-23-39(24-28-43)47-31-32-48(55-47)40-25-29-44(30-26-40)54(50-22-8-10-34-52-50)46-20-12-18-42(36-46)38-15-5-2-6-16-38/h1-36H. The molecule has 9 rings (SSSR count). The second-order valence-electron chi connectivity index (χ2n) is 13.1. The molecule has 262 valence electrons. The topological polar surface area (TPSA) is 45.4 Å². The van der Waals surface area contributed by atoms with E-state index < -0.39 is 0 Å². The summed E-state index contributed by atoms with van der Waals surface area (Å²) in [5, 5.41) is 0. The zero-order valence-electron chi connectivity index (χ0n) is 30.0. The number of hydrogen-bond donors (Lipinski definition) is 0. The molecule has 0 saturated heterocycles. The molecule has 0 bridgehead atoms. The van der Waals surface area contributed by atoms with Crippen LogP contribution in [0.2, 0.25) is 0 Å². The minimum Gasteiger partial charge on any atom is -0.456 e. The van der Waals surface area contributed by atoms with Crippen LogP contribution >= 0.6 is 0 Å². The zero-order valence-corrected chi connectivity index (χ0v) is 30.0. The summed E-state index contributed by atoms with van der Waals surface area (Å²) in [4.78, 5) is 13.8. The highest BCUT2D eigenvalue weighted by atomic mass is 16.3. The van der Waals surface area contributed by atoms with E-state index in [4.69, 9.17) is 14.4 Å². The van der Waals surface area contributed by atoms with Crippen LogP contribution in [0.4, 0.5) is 34.4 Å². The smallest absolute Gasteiger partial charge is 0.137 e. The van der Waals surface area contributed by atoms with Crippen LogP contribution < -0.4 is 9.80 Å². The van der Waals surface area contributed by atoms with Crippen molar-refractivity contribution in [2.24, 2.45) is 0 Å². The third kappa shape index (κ3) is 7.15. The number of anilines is 6. The van der Waals surface area contributed by atoms with Crippen LogP contribution in [0, 0.1) is 0 Å². The molecule has 5 heteroatoms. The highest BCUT2D eigenvalue weighted by Crippen LogP contribution is 2.39. The monoisotopic (exact) mass is 708 g/mol. The van der Waals surface area contributed by atoms with E-state index in [1.54, 1.807) is 0 Å². The largest absolute Gasteiger partial charge is 0.456 e. The first kappa shape index (κ1) is 33.3. The number of aromatic nitrogens is 2. The zero-order chi connectivity index (χ0) is 36.8. The van der Waals surface area contributed by atoms with Gasteiger partial charge in [0.2, 0.25) is 0 Å². The SMILES string of the molecule is c1ccc(-c2cccc(N(c3ccc(-c4ccc(-c5ccc(N(c6cccc(-c7ccccc7)c6)c6ccccn6)cc5)o4)cc3)c3ccccn3)c2)cc1. The molecule has 55 heavy (non-hydrogen) atoms. The normalized spacial score (nSPS) is 10.9. The molecule has 0 amide bonds. The van der Waals surface area contributed by atoms with Gasteiger partial charge in [0, 0.05) is 46.3 Å². The van der Waals surface area contributed by atoms with Crippen LogP contribution in [0.25, 0.3) is 44.9 Å². The van der Waals surface area contributed by atoms with Crippen LogP contribution in [0.3, 0.4) is 0 Å². The van der Waals surface area contributed by atoms with Crippen LogP contribution in [0.5, 0.6) is 0 Å². The fourth-order valence-corrected chi connectivity index (χ4v) is 6.91. The average Bonchev–Trinajstić information content (AvgIpc) is 3.77. The van der Waals surface area contributed by atoms with E-state index in [1.807, 2.05) is 73.1 Å². The molecule has 0 radical (unpaired) electrons. The first-order valence-corrected chi connectivity index (χ1v) is 18.3. The van der Waals surface area contributed by atoms with Crippen LogP contribution in [0.15, 0.2) is 223 Å². The van der Waals surface area contributed by atoms with E-state index in [0.29, 0.717) is 0 Å². The summed E-state index contributed by atoms with van der Waals surface area (Å²) in [6.45, 7) is 0. The molecular weight excluding hydrogens is 673 g/mol. The lowest BCUT2D eigenvalue weighted by Gasteiger charge is -2.25. The molecule has 0 aliphatic rings. The summed E-state index contributed by atoms with van der Waals surface area (Å²) in [7, 11) is 0.